The molecule has 0 radical (unpaired) electrons. The zero-order valence-corrected chi connectivity index (χ0v) is 18.7. The predicted molar refractivity (Wildman–Crippen MR) is 116 cm³/mol. The first-order chi connectivity index (χ1) is 14.5. The van der Waals surface area contributed by atoms with Gasteiger partial charge in [0.25, 0.3) is 0 Å². The topological polar surface area (TPSA) is 104 Å². The van der Waals surface area contributed by atoms with Gasteiger partial charge >= 0.3 is 6.18 Å². The van der Waals surface area contributed by atoms with Gasteiger partial charge in [-0.1, -0.05) is 12.1 Å². The summed E-state index contributed by atoms with van der Waals surface area (Å²) in [4.78, 5) is 7.95. The molecule has 3 heterocycles. The first-order valence-electron chi connectivity index (χ1n) is 8.70. The maximum atomic E-state index is 13.4. The quantitative estimate of drug-likeness (QED) is 0.445. The highest BCUT2D eigenvalue weighted by Crippen LogP contribution is 2.34. The van der Waals surface area contributed by atoms with Crippen molar-refractivity contribution in [2.45, 2.75) is 18.0 Å². The summed E-state index contributed by atoms with van der Waals surface area (Å²) in [5, 5.41) is 10.6. The molecule has 168 valence electrons. The summed E-state index contributed by atoms with van der Waals surface area (Å²) in [6.07, 6.45) is -3.70. The third kappa shape index (κ3) is 4.67. The van der Waals surface area contributed by atoms with Crippen LogP contribution in [-0.4, -0.2) is 28.2 Å². The van der Waals surface area contributed by atoms with E-state index in [2.05, 4.69) is 15.1 Å². The van der Waals surface area contributed by atoms with Crippen molar-refractivity contribution in [2.24, 2.45) is 5.14 Å². The number of hydrogen-bond donors (Lipinski definition) is 1. The largest absolute Gasteiger partial charge is 0.435 e. The van der Waals surface area contributed by atoms with E-state index >= 15 is 0 Å². The SMILES string of the molecule is Cc1cc(-c2cc(C(F)(F)F)nn2-c2ccc(S(N)(=O)=O)cn2)ccc1-c1cscn1.Cl. The molecule has 13 heteroatoms. The standard InChI is InChI=1S/C19H14F3N5O2S2.ClH/c1-11-6-12(2-4-14(11)15-9-30-10-25-15)16-7-17(19(20,21)22)26-27(16)18-5-3-13(8-24-18)31(23,28)29;/h2-10H,1H3,(H2,23,28,29);1H. The van der Waals surface area contributed by atoms with Crippen LogP contribution in [0, 0.1) is 6.92 Å². The molecule has 1 aromatic carbocycles. The summed E-state index contributed by atoms with van der Waals surface area (Å²) >= 11 is 1.44. The van der Waals surface area contributed by atoms with Crippen molar-refractivity contribution in [2.75, 3.05) is 0 Å². The van der Waals surface area contributed by atoms with Crippen LogP contribution in [0.5, 0.6) is 0 Å². The number of hydrogen-bond acceptors (Lipinski definition) is 6. The van der Waals surface area contributed by atoms with Crippen LogP contribution in [-0.2, 0) is 16.2 Å². The molecule has 0 saturated heterocycles. The third-order valence-electron chi connectivity index (χ3n) is 4.50. The van der Waals surface area contributed by atoms with Crippen LogP contribution in [0.1, 0.15) is 11.3 Å². The summed E-state index contributed by atoms with van der Waals surface area (Å²) in [7, 11) is -3.99. The summed E-state index contributed by atoms with van der Waals surface area (Å²) in [6.45, 7) is 1.84. The molecular weight excluding hydrogens is 487 g/mol. The highest BCUT2D eigenvalue weighted by Gasteiger charge is 2.35. The van der Waals surface area contributed by atoms with E-state index in [0.29, 0.717) is 5.56 Å². The second-order valence-electron chi connectivity index (χ2n) is 6.62. The minimum Gasteiger partial charge on any atom is -0.245 e. The van der Waals surface area contributed by atoms with Crippen molar-refractivity contribution in [3.8, 4) is 28.3 Å². The van der Waals surface area contributed by atoms with Gasteiger partial charge in [0.1, 0.15) is 4.90 Å². The van der Waals surface area contributed by atoms with Crippen LogP contribution in [0.15, 0.2) is 58.4 Å². The number of nitrogens with two attached hydrogens (primary N) is 1. The van der Waals surface area contributed by atoms with Gasteiger partial charge in [0, 0.05) is 22.7 Å². The zero-order chi connectivity index (χ0) is 22.4. The minimum atomic E-state index is -4.67. The number of benzene rings is 1. The molecular formula is C19H15ClF3N5O2S2. The molecule has 4 aromatic rings. The van der Waals surface area contributed by atoms with Gasteiger partial charge in [0.2, 0.25) is 10.0 Å². The van der Waals surface area contributed by atoms with Gasteiger partial charge in [-0.25, -0.2) is 28.2 Å². The van der Waals surface area contributed by atoms with Gasteiger partial charge < -0.3 is 0 Å². The van der Waals surface area contributed by atoms with Crippen LogP contribution >= 0.6 is 23.7 Å². The van der Waals surface area contributed by atoms with Gasteiger partial charge in [-0.2, -0.15) is 18.3 Å². The second-order valence-corrected chi connectivity index (χ2v) is 8.90. The van der Waals surface area contributed by atoms with E-state index in [4.69, 9.17) is 5.14 Å². The van der Waals surface area contributed by atoms with Crippen molar-refractivity contribution in [1.82, 2.24) is 19.7 Å². The van der Waals surface area contributed by atoms with Gasteiger partial charge in [-0.05, 0) is 36.8 Å². The maximum Gasteiger partial charge on any atom is 0.435 e. The third-order valence-corrected chi connectivity index (χ3v) is 5.98. The van der Waals surface area contributed by atoms with Crippen molar-refractivity contribution < 1.29 is 21.6 Å². The Balaban J connectivity index is 0.00000289. The number of sulfonamides is 1. The lowest BCUT2D eigenvalue weighted by Gasteiger charge is -2.10. The Bertz CT molecular complexity index is 1350. The summed E-state index contributed by atoms with van der Waals surface area (Å²) < 4.78 is 64.0. The lowest BCUT2D eigenvalue weighted by atomic mass is 10.0. The summed E-state index contributed by atoms with van der Waals surface area (Å²) in [5.41, 5.74) is 3.70. The second kappa shape index (κ2) is 8.62. The number of nitrogens with zero attached hydrogens (tertiary/aromatic N) is 4. The molecule has 0 bridgehead atoms. The van der Waals surface area contributed by atoms with Crippen molar-refractivity contribution in [1.29, 1.82) is 0 Å². The predicted octanol–water partition coefficient (Wildman–Crippen LogP) is 4.45. The monoisotopic (exact) mass is 501 g/mol. The van der Waals surface area contributed by atoms with Crippen LogP contribution < -0.4 is 5.14 Å². The Labute approximate surface area is 191 Å². The van der Waals surface area contributed by atoms with Crippen LogP contribution in [0.3, 0.4) is 0 Å². The first-order valence-corrected chi connectivity index (χ1v) is 11.2. The lowest BCUT2D eigenvalue weighted by Crippen LogP contribution is -2.13. The molecule has 0 fully saturated rings. The summed E-state index contributed by atoms with van der Waals surface area (Å²) in [5.74, 6) is 0.0131. The first kappa shape index (κ1) is 23.9. The fourth-order valence-electron chi connectivity index (χ4n) is 3.02. The number of pyridine rings is 1. The smallest absolute Gasteiger partial charge is 0.245 e. The van der Waals surface area contributed by atoms with Crippen LogP contribution in [0.25, 0.3) is 28.3 Å². The molecule has 0 saturated carbocycles. The normalized spacial score (nSPS) is 11.9. The molecule has 32 heavy (non-hydrogen) atoms. The van der Waals surface area contributed by atoms with Gasteiger partial charge in [0.15, 0.2) is 11.5 Å². The van der Waals surface area contributed by atoms with E-state index in [1.165, 1.54) is 17.4 Å². The molecule has 0 aliphatic carbocycles. The maximum absolute atomic E-state index is 13.4. The molecule has 4 rings (SSSR count). The van der Waals surface area contributed by atoms with E-state index in [9.17, 15) is 21.6 Å². The Morgan fingerprint density at radius 3 is 2.38 bits per heavy atom. The molecule has 0 spiro atoms. The molecule has 7 nitrogen and oxygen atoms in total. The number of halogens is 4. The van der Waals surface area contributed by atoms with E-state index in [0.717, 1.165) is 39.8 Å². The zero-order valence-electron chi connectivity index (χ0n) is 16.2. The van der Waals surface area contributed by atoms with Gasteiger partial charge in [-0.3, -0.25) is 0 Å². The number of primary sulfonamides is 1. The number of rotatable bonds is 4. The Hall–Kier alpha value is -2.80. The van der Waals surface area contributed by atoms with E-state index in [-0.39, 0.29) is 28.8 Å². The van der Waals surface area contributed by atoms with Crippen molar-refractivity contribution >= 4 is 33.8 Å². The molecule has 3 aromatic heterocycles. The molecule has 0 amide bonds. The number of thiazole rings is 1. The Morgan fingerprint density at radius 1 is 1.09 bits per heavy atom. The fraction of sp³-hybridized carbons (Fsp3) is 0.105. The number of alkyl halides is 3. The molecule has 2 N–H and O–H groups in total. The molecule has 0 atom stereocenters. The number of aromatic nitrogens is 4. The Kier molecular flexibility index (Phi) is 6.43. The van der Waals surface area contributed by atoms with Gasteiger partial charge in [-0.15, -0.1) is 23.7 Å². The lowest BCUT2D eigenvalue weighted by molar-refractivity contribution is -0.141. The van der Waals surface area contributed by atoms with Gasteiger partial charge in [0.05, 0.1) is 16.9 Å². The highest BCUT2D eigenvalue weighted by atomic mass is 35.5. The molecule has 0 aliphatic heterocycles. The fourth-order valence-corrected chi connectivity index (χ4v) is 4.03. The summed E-state index contributed by atoms with van der Waals surface area (Å²) in [6, 6.07) is 8.52. The molecule has 0 unspecified atom stereocenters. The highest BCUT2D eigenvalue weighted by molar-refractivity contribution is 7.89. The minimum absolute atomic E-state index is 0. The van der Waals surface area contributed by atoms with Crippen LogP contribution in [0.2, 0.25) is 0 Å². The van der Waals surface area contributed by atoms with Crippen molar-refractivity contribution in [3.05, 3.63) is 64.7 Å². The average molecular weight is 502 g/mol. The average Bonchev–Trinajstić information content (AvgIpc) is 3.37. The Morgan fingerprint density at radius 2 is 1.84 bits per heavy atom. The molecule has 0 aliphatic rings. The van der Waals surface area contributed by atoms with E-state index < -0.39 is 21.9 Å². The number of aryl methyl sites for hydroxylation is 1. The van der Waals surface area contributed by atoms with Crippen LogP contribution in [0.4, 0.5) is 13.2 Å². The van der Waals surface area contributed by atoms with E-state index in [1.54, 1.807) is 23.7 Å². The van der Waals surface area contributed by atoms with Crippen molar-refractivity contribution in [3.63, 3.8) is 0 Å². The van der Waals surface area contributed by atoms with E-state index in [1.807, 2.05) is 12.3 Å².